The van der Waals surface area contributed by atoms with Gasteiger partial charge in [0.2, 0.25) is 5.13 Å². The highest BCUT2D eigenvalue weighted by molar-refractivity contribution is 7.15. The first-order chi connectivity index (χ1) is 10.4. The number of anilines is 1. The van der Waals surface area contributed by atoms with Crippen molar-refractivity contribution >= 4 is 16.5 Å². The lowest BCUT2D eigenvalue weighted by Gasteiger charge is -2.56. The second kappa shape index (κ2) is 5.73. The van der Waals surface area contributed by atoms with Gasteiger partial charge in [0.25, 0.3) is 0 Å². The molecule has 124 valence electrons. The van der Waals surface area contributed by atoms with E-state index in [0.717, 1.165) is 49.1 Å². The van der Waals surface area contributed by atoms with Crippen molar-refractivity contribution in [2.24, 2.45) is 5.41 Å². The molecule has 2 fully saturated rings. The molecule has 1 aromatic heterocycles. The van der Waals surface area contributed by atoms with Crippen molar-refractivity contribution in [2.75, 3.05) is 24.6 Å². The number of aliphatic hydroxyl groups is 1. The van der Waals surface area contributed by atoms with Crippen LogP contribution in [0.25, 0.3) is 0 Å². The van der Waals surface area contributed by atoms with Crippen LogP contribution in [-0.2, 0) is 10.2 Å². The Morgan fingerprint density at radius 3 is 2.50 bits per heavy atom. The lowest BCUT2D eigenvalue weighted by molar-refractivity contribution is -0.199. The van der Waals surface area contributed by atoms with Crippen molar-refractivity contribution in [1.29, 1.82) is 0 Å². The molecule has 1 aliphatic heterocycles. The molecule has 1 saturated carbocycles. The van der Waals surface area contributed by atoms with E-state index in [4.69, 9.17) is 4.74 Å². The van der Waals surface area contributed by atoms with Gasteiger partial charge in [-0.25, -0.2) is 0 Å². The number of aliphatic hydroxyl groups excluding tert-OH is 1. The quantitative estimate of drug-likeness (QED) is 0.925. The Morgan fingerprint density at radius 2 is 2.00 bits per heavy atom. The summed E-state index contributed by atoms with van der Waals surface area (Å²) in [7, 11) is 0. The number of hydrogen-bond donors (Lipinski definition) is 1. The molecular weight excluding hydrogens is 298 g/mol. The summed E-state index contributed by atoms with van der Waals surface area (Å²) in [5.74, 6) is 0. The van der Waals surface area contributed by atoms with Gasteiger partial charge in [-0.2, -0.15) is 0 Å². The number of rotatable bonds is 3. The molecule has 3 rings (SSSR count). The van der Waals surface area contributed by atoms with Crippen LogP contribution in [0.3, 0.4) is 0 Å². The fourth-order valence-corrected chi connectivity index (χ4v) is 4.53. The van der Waals surface area contributed by atoms with E-state index >= 15 is 0 Å². The number of nitrogens with zero attached hydrogens (tertiary/aromatic N) is 3. The Kier molecular flexibility index (Phi) is 4.20. The van der Waals surface area contributed by atoms with Gasteiger partial charge in [-0.15, -0.1) is 10.2 Å². The molecule has 2 aliphatic rings. The van der Waals surface area contributed by atoms with Crippen LogP contribution in [0.15, 0.2) is 0 Å². The molecule has 0 bridgehead atoms. The molecule has 0 amide bonds. The minimum Gasteiger partial charge on any atom is -0.392 e. The van der Waals surface area contributed by atoms with Crippen LogP contribution in [-0.4, -0.2) is 47.2 Å². The zero-order valence-electron chi connectivity index (χ0n) is 14.0. The zero-order valence-corrected chi connectivity index (χ0v) is 14.8. The van der Waals surface area contributed by atoms with Gasteiger partial charge in [0.05, 0.1) is 12.2 Å². The van der Waals surface area contributed by atoms with Crippen molar-refractivity contribution in [3.8, 4) is 0 Å². The molecule has 22 heavy (non-hydrogen) atoms. The van der Waals surface area contributed by atoms with Crippen LogP contribution < -0.4 is 4.90 Å². The molecule has 1 spiro atoms. The van der Waals surface area contributed by atoms with Gasteiger partial charge in [0.15, 0.2) is 0 Å². The predicted molar refractivity (Wildman–Crippen MR) is 88.5 cm³/mol. The van der Waals surface area contributed by atoms with Crippen molar-refractivity contribution < 1.29 is 9.84 Å². The molecule has 6 heteroatoms. The number of ether oxygens (including phenoxy) is 1. The summed E-state index contributed by atoms with van der Waals surface area (Å²) in [6, 6.07) is 0. The van der Waals surface area contributed by atoms with E-state index in [1.165, 1.54) is 0 Å². The summed E-state index contributed by atoms with van der Waals surface area (Å²) in [5, 5.41) is 21.1. The summed E-state index contributed by atoms with van der Waals surface area (Å²) in [4.78, 5) is 2.31. The Hall–Kier alpha value is -0.720. The molecule has 2 heterocycles. The normalized spacial score (nSPS) is 28.0. The SMILES string of the molecule is CCO[C@H]1C[C@H](O)C12CCN(c1nnc(C(C)(C)C)s1)CC2. The summed E-state index contributed by atoms with van der Waals surface area (Å²) in [6.07, 6.45) is 2.77. The first-order valence-corrected chi connectivity index (χ1v) is 9.07. The van der Waals surface area contributed by atoms with Crippen molar-refractivity contribution in [1.82, 2.24) is 10.2 Å². The van der Waals surface area contributed by atoms with Gasteiger partial charge in [0.1, 0.15) is 5.01 Å². The maximum absolute atomic E-state index is 10.3. The summed E-state index contributed by atoms with van der Waals surface area (Å²) >= 11 is 1.69. The van der Waals surface area contributed by atoms with E-state index in [2.05, 4.69) is 35.9 Å². The highest BCUT2D eigenvalue weighted by Gasteiger charge is 2.56. The van der Waals surface area contributed by atoms with Crippen LogP contribution in [0, 0.1) is 5.41 Å². The largest absolute Gasteiger partial charge is 0.392 e. The third kappa shape index (κ3) is 2.65. The van der Waals surface area contributed by atoms with Crippen molar-refractivity contribution in [2.45, 2.75) is 64.6 Å². The Morgan fingerprint density at radius 1 is 1.32 bits per heavy atom. The van der Waals surface area contributed by atoms with Crippen LogP contribution in [0.2, 0.25) is 0 Å². The van der Waals surface area contributed by atoms with Gasteiger partial charge in [0, 0.05) is 36.9 Å². The molecule has 1 aromatic rings. The minimum absolute atomic E-state index is 0.0238. The molecule has 1 N–H and O–H groups in total. The molecule has 2 atom stereocenters. The van der Waals surface area contributed by atoms with Gasteiger partial charge in [-0.3, -0.25) is 0 Å². The summed E-state index contributed by atoms with van der Waals surface area (Å²) in [6.45, 7) is 11.1. The van der Waals surface area contributed by atoms with E-state index < -0.39 is 0 Å². The Balaban J connectivity index is 1.65. The average Bonchev–Trinajstić information content (AvgIpc) is 2.97. The predicted octanol–water partition coefficient (Wildman–Crippen LogP) is 2.59. The molecule has 0 radical (unpaired) electrons. The minimum atomic E-state index is -0.203. The van der Waals surface area contributed by atoms with Crippen LogP contribution in [0.4, 0.5) is 5.13 Å². The molecule has 0 unspecified atom stereocenters. The lowest BCUT2D eigenvalue weighted by Crippen LogP contribution is -2.62. The summed E-state index contributed by atoms with van der Waals surface area (Å²) in [5.41, 5.74) is 0.0290. The maximum Gasteiger partial charge on any atom is 0.208 e. The highest BCUT2D eigenvalue weighted by atomic mass is 32.1. The number of aromatic nitrogens is 2. The fraction of sp³-hybridized carbons (Fsp3) is 0.875. The first-order valence-electron chi connectivity index (χ1n) is 8.25. The number of piperidine rings is 1. The van der Waals surface area contributed by atoms with Crippen LogP contribution in [0.5, 0.6) is 0 Å². The molecule has 1 saturated heterocycles. The maximum atomic E-state index is 10.3. The second-order valence-electron chi connectivity index (χ2n) is 7.56. The van der Waals surface area contributed by atoms with E-state index in [9.17, 15) is 5.11 Å². The van der Waals surface area contributed by atoms with Crippen LogP contribution in [0.1, 0.15) is 52.0 Å². The molecular formula is C16H27N3O2S. The van der Waals surface area contributed by atoms with E-state index in [1.807, 2.05) is 6.92 Å². The van der Waals surface area contributed by atoms with Crippen LogP contribution >= 0.6 is 11.3 Å². The lowest BCUT2D eigenvalue weighted by atomic mass is 9.58. The van der Waals surface area contributed by atoms with Gasteiger partial charge in [-0.1, -0.05) is 32.1 Å². The Bertz CT molecular complexity index is 516. The topological polar surface area (TPSA) is 58.5 Å². The van der Waals surface area contributed by atoms with E-state index in [0.29, 0.717) is 0 Å². The highest BCUT2D eigenvalue weighted by Crippen LogP contribution is 2.51. The fourth-order valence-electron chi connectivity index (χ4n) is 3.58. The molecule has 5 nitrogen and oxygen atoms in total. The van der Waals surface area contributed by atoms with E-state index in [-0.39, 0.29) is 23.0 Å². The first kappa shape index (κ1) is 16.1. The second-order valence-corrected chi connectivity index (χ2v) is 8.51. The van der Waals surface area contributed by atoms with E-state index in [1.54, 1.807) is 11.3 Å². The summed E-state index contributed by atoms with van der Waals surface area (Å²) < 4.78 is 5.83. The number of hydrogen-bond acceptors (Lipinski definition) is 6. The third-order valence-corrected chi connectivity index (χ3v) is 6.54. The standard InChI is InChI=1S/C16H27N3O2S/c1-5-21-12-10-11(20)16(12)6-8-19(9-7-16)14-18-17-13(22-14)15(2,3)4/h11-12,20H,5-10H2,1-4H3/t11-,12-/m0/s1. The molecule has 0 aromatic carbocycles. The smallest absolute Gasteiger partial charge is 0.208 e. The van der Waals surface area contributed by atoms with Crippen molar-refractivity contribution in [3.05, 3.63) is 5.01 Å². The third-order valence-electron chi connectivity index (χ3n) is 5.13. The average molecular weight is 325 g/mol. The Labute approximate surface area is 136 Å². The van der Waals surface area contributed by atoms with Gasteiger partial charge < -0.3 is 14.7 Å². The van der Waals surface area contributed by atoms with Gasteiger partial charge >= 0.3 is 0 Å². The van der Waals surface area contributed by atoms with Gasteiger partial charge in [-0.05, 0) is 19.8 Å². The molecule has 1 aliphatic carbocycles. The van der Waals surface area contributed by atoms with Crippen molar-refractivity contribution in [3.63, 3.8) is 0 Å². The zero-order chi connectivity index (χ0) is 16.0. The monoisotopic (exact) mass is 325 g/mol.